The van der Waals surface area contributed by atoms with Crippen LogP contribution in [0.4, 0.5) is 0 Å². The summed E-state index contributed by atoms with van der Waals surface area (Å²) < 4.78 is 0. The van der Waals surface area contributed by atoms with E-state index in [1.807, 2.05) is 13.8 Å². The fourth-order valence-corrected chi connectivity index (χ4v) is 7.04. The van der Waals surface area contributed by atoms with Gasteiger partial charge >= 0.3 is 0 Å². The fraction of sp³-hybridized carbons (Fsp3) is 0.639. The molecule has 1 aromatic rings. The van der Waals surface area contributed by atoms with E-state index in [9.17, 15) is 43.8 Å². The van der Waals surface area contributed by atoms with E-state index in [1.165, 1.54) is 25.7 Å². The molecule has 8 N–H and O–H groups in total. The van der Waals surface area contributed by atoms with E-state index in [4.69, 9.17) is 0 Å². The summed E-state index contributed by atoms with van der Waals surface area (Å²) in [5.41, 5.74) is 0.659. The van der Waals surface area contributed by atoms with Crippen molar-refractivity contribution in [3.05, 3.63) is 35.9 Å². The Morgan fingerprint density at radius 3 is 2.13 bits per heavy atom. The number of amides is 7. The zero-order valence-corrected chi connectivity index (χ0v) is 30.4. The lowest BCUT2D eigenvalue weighted by molar-refractivity contribution is -0.143. The number of carbonyl (C=O) groups excluding carboxylic acids is 7. The van der Waals surface area contributed by atoms with Gasteiger partial charge < -0.3 is 47.0 Å². The van der Waals surface area contributed by atoms with Gasteiger partial charge in [-0.05, 0) is 57.9 Å². The van der Waals surface area contributed by atoms with Gasteiger partial charge in [-0.3, -0.25) is 33.6 Å². The van der Waals surface area contributed by atoms with Crippen molar-refractivity contribution >= 4 is 41.4 Å². The van der Waals surface area contributed by atoms with Gasteiger partial charge in [-0.1, -0.05) is 50.6 Å². The minimum absolute atomic E-state index is 0.0327. The third-order valence-electron chi connectivity index (χ3n) is 9.85. The Hall–Kier alpha value is -4.57. The summed E-state index contributed by atoms with van der Waals surface area (Å²) in [4.78, 5) is 96.5. The Morgan fingerprint density at radius 2 is 1.50 bits per heavy atom. The van der Waals surface area contributed by atoms with Crippen molar-refractivity contribution in [2.24, 2.45) is 11.8 Å². The molecule has 2 aliphatic heterocycles. The quantitative estimate of drug-likeness (QED) is 0.161. The van der Waals surface area contributed by atoms with Gasteiger partial charge in [-0.2, -0.15) is 0 Å². The van der Waals surface area contributed by atoms with Crippen LogP contribution in [0.3, 0.4) is 0 Å². The molecular formula is C36H53N7O9. The first-order chi connectivity index (χ1) is 24.5. The van der Waals surface area contributed by atoms with Crippen LogP contribution in [0.2, 0.25) is 0 Å². The van der Waals surface area contributed by atoms with Crippen LogP contribution in [-0.4, -0.2) is 118 Å². The van der Waals surface area contributed by atoms with Gasteiger partial charge in [-0.15, -0.1) is 0 Å². The highest BCUT2D eigenvalue weighted by atomic mass is 16.3. The second-order valence-electron chi connectivity index (χ2n) is 14.7. The van der Waals surface area contributed by atoms with Gasteiger partial charge in [0.25, 0.3) is 0 Å². The number of aliphatic hydroxyl groups excluding tert-OH is 2. The molecule has 286 valence electrons. The largest absolute Gasteiger partial charge is 0.391 e. The lowest BCUT2D eigenvalue weighted by Gasteiger charge is -2.31. The summed E-state index contributed by atoms with van der Waals surface area (Å²) in [5.74, 6) is -5.35. The van der Waals surface area contributed by atoms with Crippen LogP contribution in [0.1, 0.15) is 72.3 Å². The van der Waals surface area contributed by atoms with Crippen LogP contribution in [-0.2, 0) is 40.0 Å². The Morgan fingerprint density at radius 1 is 0.827 bits per heavy atom. The maximum absolute atomic E-state index is 14.4. The van der Waals surface area contributed by atoms with Gasteiger partial charge in [-0.25, -0.2) is 0 Å². The van der Waals surface area contributed by atoms with Crippen molar-refractivity contribution in [3.63, 3.8) is 0 Å². The summed E-state index contributed by atoms with van der Waals surface area (Å²) in [6, 6.07) is 1.29. The maximum Gasteiger partial charge on any atom is 0.248 e. The van der Waals surface area contributed by atoms with Crippen LogP contribution in [0, 0.1) is 11.8 Å². The molecule has 10 atom stereocenters. The molecule has 3 fully saturated rings. The first kappa shape index (κ1) is 40.2. The van der Waals surface area contributed by atoms with Crippen molar-refractivity contribution < 1.29 is 43.8 Å². The van der Waals surface area contributed by atoms with E-state index in [0.29, 0.717) is 24.8 Å². The number of hydrogen-bond acceptors (Lipinski definition) is 9. The van der Waals surface area contributed by atoms with E-state index >= 15 is 0 Å². The van der Waals surface area contributed by atoms with Crippen molar-refractivity contribution in [2.75, 3.05) is 6.54 Å². The smallest absolute Gasteiger partial charge is 0.248 e. The van der Waals surface area contributed by atoms with E-state index in [-0.39, 0.29) is 31.7 Å². The number of aliphatic hydroxyl groups is 2. The molecule has 0 radical (unpaired) electrons. The summed E-state index contributed by atoms with van der Waals surface area (Å²) in [6.45, 7) is 7.66. The molecule has 52 heavy (non-hydrogen) atoms. The Balaban J connectivity index is 1.75. The van der Waals surface area contributed by atoms with Crippen molar-refractivity contribution in [1.29, 1.82) is 0 Å². The van der Waals surface area contributed by atoms with E-state index in [2.05, 4.69) is 31.9 Å². The highest BCUT2D eigenvalue weighted by molar-refractivity contribution is 5.97. The number of rotatable bonds is 7. The summed E-state index contributed by atoms with van der Waals surface area (Å²) in [6.07, 6.45) is -1.05. The zero-order chi connectivity index (χ0) is 38.3. The van der Waals surface area contributed by atoms with Crippen molar-refractivity contribution in [1.82, 2.24) is 36.8 Å². The van der Waals surface area contributed by atoms with Gasteiger partial charge in [0.15, 0.2) is 0 Å². The summed E-state index contributed by atoms with van der Waals surface area (Å²) in [5, 5.41) is 36.8. The van der Waals surface area contributed by atoms with Gasteiger partial charge in [0.1, 0.15) is 36.3 Å². The Kier molecular flexibility index (Phi) is 13.7. The second-order valence-corrected chi connectivity index (χ2v) is 14.7. The zero-order valence-electron chi connectivity index (χ0n) is 30.4. The van der Waals surface area contributed by atoms with Crippen LogP contribution in [0.15, 0.2) is 30.3 Å². The molecule has 2 heterocycles. The molecule has 1 aromatic carbocycles. The molecule has 4 rings (SSSR count). The van der Waals surface area contributed by atoms with Crippen LogP contribution in [0.5, 0.6) is 0 Å². The topological polar surface area (TPSA) is 235 Å². The molecular weight excluding hydrogens is 674 g/mol. The maximum atomic E-state index is 14.4. The number of fused-ring (bicyclic) bond motifs is 2. The highest BCUT2D eigenvalue weighted by Gasteiger charge is 2.45. The van der Waals surface area contributed by atoms with Gasteiger partial charge in [0, 0.05) is 25.0 Å². The molecule has 1 saturated carbocycles. The first-order valence-electron chi connectivity index (χ1n) is 18.1. The van der Waals surface area contributed by atoms with E-state index < -0.39 is 102 Å². The number of nitrogens with one attached hydrogen (secondary N) is 6. The predicted molar refractivity (Wildman–Crippen MR) is 188 cm³/mol. The van der Waals surface area contributed by atoms with Crippen molar-refractivity contribution in [2.45, 2.75) is 128 Å². The first-order valence-corrected chi connectivity index (χ1v) is 18.1. The fourth-order valence-electron chi connectivity index (χ4n) is 7.04. The second kappa shape index (κ2) is 17.8. The lowest BCUT2D eigenvalue weighted by atomic mass is 9.98. The number of benzene rings is 1. The van der Waals surface area contributed by atoms with Gasteiger partial charge in [0.05, 0.1) is 12.0 Å². The number of hydrogen-bond donors (Lipinski definition) is 8. The molecule has 2 saturated heterocycles. The Labute approximate surface area is 303 Å². The lowest BCUT2D eigenvalue weighted by Crippen LogP contribution is -2.61. The molecule has 0 aromatic heterocycles. The third-order valence-corrected chi connectivity index (χ3v) is 9.85. The van der Waals surface area contributed by atoms with Crippen LogP contribution in [0.25, 0.3) is 0 Å². The highest BCUT2D eigenvalue weighted by Crippen LogP contribution is 2.27. The molecule has 0 spiro atoms. The van der Waals surface area contributed by atoms with Crippen molar-refractivity contribution in [3.8, 4) is 0 Å². The summed E-state index contributed by atoms with van der Waals surface area (Å²) >= 11 is 0. The molecule has 16 nitrogen and oxygen atoms in total. The molecule has 1 aliphatic carbocycles. The van der Waals surface area contributed by atoms with Crippen LogP contribution < -0.4 is 31.9 Å². The van der Waals surface area contributed by atoms with Crippen LogP contribution >= 0.6 is 0 Å². The predicted octanol–water partition coefficient (Wildman–Crippen LogP) is -1.62. The average molecular weight is 728 g/mol. The van der Waals surface area contributed by atoms with Gasteiger partial charge in [0.2, 0.25) is 41.4 Å². The third kappa shape index (κ3) is 10.3. The molecule has 7 amide bonds. The SMILES string of the molecule is CC(C)C[C@@H]1NC(=O)[C@@H]2CCC[C@H]2NC(=O)[C@H](C)NC(=O)C2C[C@@H](NC(=O)[C@H](C)O)CN2C(=O)[C@H](Cc2ccccc2)NC(=O)[C@H]([C@@H](C)O)NC1=O. The minimum Gasteiger partial charge on any atom is -0.391 e. The molecule has 16 heteroatoms. The molecule has 1 unspecified atom stereocenters. The summed E-state index contributed by atoms with van der Waals surface area (Å²) in [7, 11) is 0. The molecule has 0 bridgehead atoms. The number of nitrogens with zero attached hydrogens (tertiary/aromatic N) is 1. The molecule has 3 aliphatic rings. The monoisotopic (exact) mass is 727 g/mol. The average Bonchev–Trinajstić information content (AvgIpc) is 3.73. The number of carbonyl (C=O) groups is 7. The minimum atomic E-state index is -1.53. The Bertz CT molecular complexity index is 1490. The normalized spacial score (nSPS) is 30.7. The van der Waals surface area contributed by atoms with E-state index in [0.717, 1.165) is 0 Å². The van der Waals surface area contributed by atoms with E-state index in [1.54, 1.807) is 30.3 Å². The standard InChI is InChI=1S/C36H53N7O9/c1-18(2)14-26-33(49)42-29(20(4)44)35(51)41-27(15-22-10-7-6-8-11-22)36(52)43-17-23(38-31(47)21(5)45)16-28(43)34(50)37-19(3)30(46)39-25-13-9-12-24(25)32(48)40-26/h6-8,10-11,18-21,23-29,44-45H,9,12-17H2,1-5H3,(H,37,50)(H,38,47)(H,39,46)(H,40,48)(H,41,51)(H,42,49)/t19-,20+,21-,23+,24+,25+,26-,27-,28?,29-/m0/s1.